The van der Waals surface area contributed by atoms with Crippen LogP contribution in [0.4, 0.5) is 0 Å². The molecule has 1 N–H and O–H groups in total. The molecule has 2 amide bonds. The van der Waals surface area contributed by atoms with Crippen LogP contribution in [0.15, 0.2) is 36.4 Å². The zero-order valence-corrected chi connectivity index (χ0v) is 23.0. The van der Waals surface area contributed by atoms with Gasteiger partial charge in [-0.1, -0.05) is 41.8 Å². The van der Waals surface area contributed by atoms with Crippen molar-refractivity contribution in [3.05, 3.63) is 57.6 Å². The minimum absolute atomic E-state index is 0.0393. The summed E-state index contributed by atoms with van der Waals surface area (Å²) in [6.07, 6.45) is 6.01. The standard InChI is InChI=1S/C29H34Cl2N2O4/c1-36-24-9-5-19(14-25(24)37-2)6-10-26(34)33-16-21-4-3-11-28(21,18-33)17-32-27(35)29(12-13-29)20-7-8-22(30)23(31)15-20/h5,7-9,14-15,21H,3-4,6,10-13,16-18H2,1-2H3,(H,32,35)/t21-,28-/m0/s1. The van der Waals surface area contributed by atoms with E-state index in [-0.39, 0.29) is 17.2 Å². The van der Waals surface area contributed by atoms with Gasteiger partial charge in [0, 0.05) is 31.5 Å². The number of halogens is 2. The molecule has 0 aromatic heterocycles. The van der Waals surface area contributed by atoms with Crippen molar-refractivity contribution in [1.82, 2.24) is 10.2 Å². The van der Waals surface area contributed by atoms with Gasteiger partial charge in [0.15, 0.2) is 11.5 Å². The molecule has 3 fully saturated rings. The molecule has 2 aromatic rings. The van der Waals surface area contributed by atoms with Gasteiger partial charge in [-0.25, -0.2) is 0 Å². The first-order chi connectivity index (χ1) is 17.8. The highest BCUT2D eigenvalue weighted by atomic mass is 35.5. The van der Waals surface area contributed by atoms with E-state index in [1.54, 1.807) is 20.3 Å². The molecule has 3 aliphatic rings. The molecule has 0 radical (unpaired) electrons. The van der Waals surface area contributed by atoms with Crippen molar-refractivity contribution >= 4 is 35.0 Å². The number of benzene rings is 2. The number of nitrogens with zero attached hydrogens (tertiary/aromatic N) is 1. The number of ether oxygens (including phenoxy) is 2. The molecule has 5 rings (SSSR count). The largest absolute Gasteiger partial charge is 0.493 e. The predicted molar refractivity (Wildman–Crippen MR) is 145 cm³/mol. The van der Waals surface area contributed by atoms with E-state index in [2.05, 4.69) is 5.32 Å². The third kappa shape index (κ3) is 5.03. The van der Waals surface area contributed by atoms with Crippen molar-refractivity contribution in [3.8, 4) is 11.5 Å². The summed E-state index contributed by atoms with van der Waals surface area (Å²) < 4.78 is 10.7. The van der Waals surface area contributed by atoms with Crippen LogP contribution < -0.4 is 14.8 Å². The van der Waals surface area contributed by atoms with Gasteiger partial charge in [0.2, 0.25) is 11.8 Å². The lowest BCUT2D eigenvalue weighted by atomic mass is 9.80. The minimum Gasteiger partial charge on any atom is -0.493 e. The van der Waals surface area contributed by atoms with Gasteiger partial charge in [0.1, 0.15) is 0 Å². The van der Waals surface area contributed by atoms with Crippen LogP contribution in [-0.4, -0.2) is 50.6 Å². The molecule has 2 aromatic carbocycles. The second kappa shape index (κ2) is 10.4. The first kappa shape index (κ1) is 26.2. The van der Waals surface area contributed by atoms with Crippen LogP contribution in [0.25, 0.3) is 0 Å². The van der Waals surface area contributed by atoms with E-state index in [0.717, 1.165) is 49.8 Å². The molecule has 1 saturated heterocycles. The van der Waals surface area contributed by atoms with E-state index in [9.17, 15) is 9.59 Å². The first-order valence-corrected chi connectivity index (χ1v) is 13.8. The molecule has 0 spiro atoms. The normalized spacial score (nSPS) is 23.5. The number of likely N-dealkylation sites (tertiary alicyclic amines) is 1. The second-order valence-electron chi connectivity index (χ2n) is 10.8. The van der Waals surface area contributed by atoms with E-state index < -0.39 is 5.41 Å². The molecule has 0 bridgehead atoms. The molecule has 37 heavy (non-hydrogen) atoms. The highest BCUT2D eigenvalue weighted by Crippen LogP contribution is 2.51. The van der Waals surface area contributed by atoms with E-state index >= 15 is 0 Å². The maximum atomic E-state index is 13.4. The Morgan fingerprint density at radius 2 is 1.81 bits per heavy atom. The summed E-state index contributed by atoms with van der Waals surface area (Å²) in [5, 5.41) is 4.26. The maximum Gasteiger partial charge on any atom is 0.230 e. The molecule has 2 aliphatic carbocycles. The molecule has 198 valence electrons. The van der Waals surface area contributed by atoms with Gasteiger partial charge in [-0.05, 0) is 73.4 Å². The number of hydrogen-bond acceptors (Lipinski definition) is 4. The number of hydrogen-bond donors (Lipinski definition) is 1. The quantitative estimate of drug-likeness (QED) is 0.457. The van der Waals surface area contributed by atoms with Crippen LogP contribution in [0.2, 0.25) is 10.0 Å². The zero-order valence-electron chi connectivity index (χ0n) is 21.4. The second-order valence-corrected chi connectivity index (χ2v) is 11.6. The van der Waals surface area contributed by atoms with Crippen LogP contribution in [0.3, 0.4) is 0 Å². The average molecular weight is 546 g/mol. The molecule has 1 aliphatic heterocycles. The van der Waals surface area contributed by atoms with Crippen LogP contribution in [0.5, 0.6) is 11.5 Å². The van der Waals surface area contributed by atoms with Crippen molar-refractivity contribution in [1.29, 1.82) is 0 Å². The van der Waals surface area contributed by atoms with Gasteiger partial charge in [0.05, 0.1) is 29.7 Å². The predicted octanol–water partition coefficient (Wildman–Crippen LogP) is 5.42. The summed E-state index contributed by atoms with van der Waals surface area (Å²) in [6, 6.07) is 11.3. The van der Waals surface area contributed by atoms with Crippen LogP contribution in [-0.2, 0) is 21.4 Å². The summed E-state index contributed by atoms with van der Waals surface area (Å²) in [4.78, 5) is 28.5. The third-order valence-electron chi connectivity index (χ3n) is 8.73. The molecule has 8 heteroatoms. The monoisotopic (exact) mass is 544 g/mol. The number of rotatable bonds is 9. The highest BCUT2D eigenvalue weighted by molar-refractivity contribution is 6.42. The smallest absolute Gasteiger partial charge is 0.230 e. The van der Waals surface area contributed by atoms with Crippen LogP contribution in [0, 0.1) is 11.3 Å². The molecular weight excluding hydrogens is 511 g/mol. The Morgan fingerprint density at radius 1 is 1.03 bits per heavy atom. The number of methoxy groups -OCH3 is 2. The number of nitrogens with one attached hydrogen (secondary N) is 1. The van der Waals surface area contributed by atoms with E-state index in [4.69, 9.17) is 32.7 Å². The highest BCUT2D eigenvalue weighted by Gasteiger charge is 2.54. The van der Waals surface area contributed by atoms with E-state index in [1.165, 1.54) is 0 Å². The first-order valence-electron chi connectivity index (χ1n) is 13.0. The van der Waals surface area contributed by atoms with Gasteiger partial charge in [-0.15, -0.1) is 0 Å². The molecule has 0 unspecified atom stereocenters. The Kier molecular flexibility index (Phi) is 7.34. The van der Waals surface area contributed by atoms with Crippen LogP contribution >= 0.6 is 23.2 Å². The molecule has 2 saturated carbocycles. The third-order valence-corrected chi connectivity index (χ3v) is 9.46. The topological polar surface area (TPSA) is 67.9 Å². The Labute approximate surface area is 228 Å². The summed E-state index contributed by atoms with van der Waals surface area (Å²) in [5.74, 6) is 2.01. The summed E-state index contributed by atoms with van der Waals surface area (Å²) in [6.45, 7) is 2.10. The summed E-state index contributed by atoms with van der Waals surface area (Å²) in [7, 11) is 3.23. The van der Waals surface area contributed by atoms with Crippen molar-refractivity contribution < 1.29 is 19.1 Å². The Balaban J connectivity index is 1.19. The van der Waals surface area contributed by atoms with Crippen molar-refractivity contribution in [2.24, 2.45) is 11.3 Å². The molecule has 2 atom stereocenters. The molecular formula is C29H34Cl2N2O4. The summed E-state index contributed by atoms with van der Waals surface area (Å²) in [5.41, 5.74) is 1.43. The Hall–Kier alpha value is -2.44. The SMILES string of the molecule is COc1ccc(CCC(=O)N2C[C@@H]3CCC[C@]3(CNC(=O)C3(c4ccc(Cl)c(Cl)c4)CC3)C2)cc1OC. The number of carbonyl (C=O) groups is 2. The van der Waals surface area contributed by atoms with Gasteiger partial charge in [-0.3, -0.25) is 9.59 Å². The zero-order chi connectivity index (χ0) is 26.2. The van der Waals surface area contributed by atoms with Gasteiger partial charge in [-0.2, -0.15) is 0 Å². The molecule has 1 heterocycles. The maximum absolute atomic E-state index is 13.4. The van der Waals surface area contributed by atoms with E-state index in [1.807, 2.05) is 35.2 Å². The van der Waals surface area contributed by atoms with Crippen molar-refractivity contribution in [3.63, 3.8) is 0 Å². The lowest BCUT2D eigenvalue weighted by molar-refractivity contribution is -0.130. The Morgan fingerprint density at radius 3 is 2.51 bits per heavy atom. The number of aryl methyl sites for hydroxylation is 1. The lowest BCUT2D eigenvalue weighted by Gasteiger charge is -2.30. The number of fused-ring (bicyclic) bond motifs is 1. The van der Waals surface area contributed by atoms with E-state index in [0.29, 0.717) is 53.4 Å². The van der Waals surface area contributed by atoms with Crippen molar-refractivity contribution in [2.45, 2.75) is 50.4 Å². The summed E-state index contributed by atoms with van der Waals surface area (Å²) >= 11 is 12.3. The average Bonchev–Trinajstić information content (AvgIpc) is 3.51. The fraction of sp³-hybridized carbons (Fsp3) is 0.517. The lowest BCUT2D eigenvalue weighted by Crippen LogP contribution is -2.44. The van der Waals surface area contributed by atoms with Gasteiger partial charge >= 0.3 is 0 Å². The van der Waals surface area contributed by atoms with Gasteiger partial charge < -0.3 is 19.7 Å². The number of amides is 2. The van der Waals surface area contributed by atoms with Gasteiger partial charge in [0.25, 0.3) is 0 Å². The molecule has 6 nitrogen and oxygen atoms in total. The Bertz CT molecular complexity index is 1200. The van der Waals surface area contributed by atoms with Crippen LogP contribution in [0.1, 0.15) is 49.7 Å². The fourth-order valence-electron chi connectivity index (χ4n) is 6.33. The number of carbonyl (C=O) groups excluding carboxylic acids is 2. The van der Waals surface area contributed by atoms with Crippen molar-refractivity contribution in [2.75, 3.05) is 33.9 Å². The minimum atomic E-state index is -0.507. The fourth-order valence-corrected chi connectivity index (χ4v) is 6.63.